The van der Waals surface area contributed by atoms with Crippen LogP contribution in [-0.2, 0) is 4.79 Å². The molecule has 0 bridgehead atoms. The maximum atomic E-state index is 11.8. The molecule has 1 aromatic rings. The van der Waals surface area contributed by atoms with E-state index >= 15 is 0 Å². The Morgan fingerprint density at radius 3 is 2.10 bits per heavy atom. The van der Waals surface area contributed by atoms with Crippen LogP contribution in [0.4, 0.5) is 16.2 Å². The summed E-state index contributed by atoms with van der Waals surface area (Å²) in [6.07, 6.45) is 0. The van der Waals surface area contributed by atoms with Gasteiger partial charge < -0.3 is 20.6 Å². The van der Waals surface area contributed by atoms with E-state index in [1.807, 2.05) is 31.1 Å². The van der Waals surface area contributed by atoms with E-state index in [0.717, 1.165) is 5.69 Å². The lowest BCUT2D eigenvalue weighted by Gasteiger charge is -2.18. The van der Waals surface area contributed by atoms with Gasteiger partial charge in [-0.15, -0.1) is 0 Å². The molecule has 0 fully saturated rings. The Labute approximate surface area is 118 Å². The van der Waals surface area contributed by atoms with Crippen molar-refractivity contribution in [2.24, 2.45) is 5.92 Å². The number of nitrogens with one attached hydrogen (secondary N) is 2. The smallest absolute Gasteiger partial charge is 0.326 e. The van der Waals surface area contributed by atoms with Gasteiger partial charge in [0.15, 0.2) is 0 Å². The quantitative estimate of drug-likeness (QED) is 0.770. The van der Waals surface area contributed by atoms with E-state index in [1.54, 1.807) is 26.0 Å². The average Bonchev–Trinajstić information content (AvgIpc) is 2.35. The SMILES string of the molecule is CC(C)C(NC(=O)Nc1ccc(N(C)C)cc1)C(=O)O. The van der Waals surface area contributed by atoms with Crippen molar-refractivity contribution in [2.45, 2.75) is 19.9 Å². The first-order valence-electron chi connectivity index (χ1n) is 6.39. The van der Waals surface area contributed by atoms with Crippen molar-refractivity contribution in [2.75, 3.05) is 24.3 Å². The summed E-state index contributed by atoms with van der Waals surface area (Å²) >= 11 is 0. The van der Waals surface area contributed by atoms with E-state index in [9.17, 15) is 9.59 Å². The molecule has 20 heavy (non-hydrogen) atoms. The molecule has 6 heteroatoms. The van der Waals surface area contributed by atoms with Gasteiger partial charge in [0.25, 0.3) is 0 Å². The minimum Gasteiger partial charge on any atom is -0.480 e. The van der Waals surface area contributed by atoms with Gasteiger partial charge >= 0.3 is 12.0 Å². The fourth-order valence-corrected chi connectivity index (χ4v) is 1.66. The fraction of sp³-hybridized carbons (Fsp3) is 0.429. The molecule has 0 aliphatic heterocycles. The summed E-state index contributed by atoms with van der Waals surface area (Å²) in [6.45, 7) is 3.48. The standard InChI is InChI=1S/C14H21N3O3/c1-9(2)12(13(18)19)16-14(20)15-10-5-7-11(8-6-10)17(3)4/h5-9,12H,1-4H3,(H,18,19)(H2,15,16,20). The van der Waals surface area contributed by atoms with E-state index in [1.165, 1.54) is 0 Å². The van der Waals surface area contributed by atoms with Gasteiger partial charge in [-0.1, -0.05) is 13.8 Å². The van der Waals surface area contributed by atoms with Crippen LogP contribution < -0.4 is 15.5 Å². The van der Waals surface area contributed by atoms with Gasteiger partial charge in [0.2, 0.25) is 0 Å². The molecule has 6 nitrogen and oxygen atoms in total. The van der Waals surface area contributed by atoms with Crippen molar-refractivity contribution in [3.8, 4) is 0 Å². The maximum Gasteiger partial charge on any atom is 0.326 e. The van der Waals surface area contributed by atoms with Crippen molar-refractivity contribution in [3.63, 3.8) is 0 Å². The molecule has 3 N–H and O–H groups in total. The van der Waals surface area contributed by atoms with Crippen molar-refractivity contribution in [1.29, 1.82) is 0 Å². The first kappa shape index (κ1) is 15.8. The zero-order chi connectivity index (χ0) is 15.3. The van der Waals surface area contributed by atoms with Crippen LogP contribution in [0.3, 0.4) is 0 Å². The van der Waals surface area contributed by atoms with Gasteiger partial charge in [-0.05, 0) is 30.2 Å². The Morgan fingerprint density at radius 1 is 1.15 bits per heavy atom. The van der Waals surface area contributed by atoms with Crippen molar-refractivity contribution in [1.82, 2.24) is 5.32 Å². The van der Waals surface area contributed by atoms with E-state index in [2.05, 4.69) is 10.6 Å². The number of amides is 2. The summed E-state index contributed by atoms with van der Waals surface area (Å²) < 4.78 is 0. The lowest BCUT2D eigenvalue weighted by atomic mass is 10.1. The number of carboxylic acid groups (broad SMARTS) is 1. The third kappa shape index (κ3) is 4.46. The molecule has 110 valence electrons. The molecule has 0 aliphatic rings. The average molecular weight is 279 g/mol. The number of carbonyl (C=O) groups is 2. The van der Waals surface area contributed by atoms with E-state index in [0.29, 0.717) is 5.69 Å². The normalized spacial score (nSPS) is 11.8. The number of rotatable bonds is 5. The molecule has 1 rings (SSSR count). The van der Waals surface area contributed by atoms with Crippen LogP contribution in [0, 0.1) is 5.92 Å². The second kappa shape index (κ2) is 6.79. The summed E-state index contributed by atoms with van der Waals surface area (Å²) in [5, 5.41) is 14.1. The fourth-order valence-electron chi connectivity index (χ4n) is 1.66. The third-order valence-electron chi connectivity index (χ3n) is 2.86. The highest BCUT2D eigenvalue weighted by Crippen LogP contribution is 2.15. The molecular formula is C14H21N3O3. The van der Waals surface area contributed by atoms with Crippen LogP contribution in [0.2, 0.25) is 0 Å². The summed E-state index contributed by atoms with van der Waals surface area (Å²) in [6, 6.07) is 5.83. The highest BCUT2D eigenvalue weighted by atomic mass is 16.4. The van der Waals surface area contributed by atoms with Crippen LogP contribution in [0.1, 0.15) is 13.8 Å². The van der Waals surface area contributed by atoms with Crippen LogP contribution in [-0.4, -0.2) is 37.2 Å². The van der Waals surface area contributed by atoms with Gasteiger partial charge in [0, 0.05) is 25.5 Å². The molecule has 0 radical (unpaired) electrons. The number of nitrogens with zero attached hydrogens (tertiary/aromatic N) is 1. The highest BCUT2D eigenvalue weighted by molar-refractivity contribution is 5.92. The van der Waals surface area contributed by atoms with E-state index < -0.39 is 18.0 Å². The molecule has 2 amide bonds. The van der Waals surface area contributed by atoms with Gasteiger partial charge in [-0.3, -0.25) is 0 Å². The molecule has 1 aromatic carbocycles. The number of hydrogen-bond acceptors (Lipinski definition) is 3. The van der Waals surface area contributed by atoms with Gasteiger partial charge in [0.1, 0.15) is 6.04 Å². The lowest BCUT2D eigenvalue weighted by molar-refractivity contribution is -0.140. The summed E-state index contributed by atoms with van der Waals surface area (Å²) in [4.78, 5) is 24.7. The van der Waals surface area contributed by atoms with Gasteiger partial charge in [-0.2, -0.15) is 0 Å². The Kier molecular flexibility index (Phi) is 5.37. The number of anilines is 2. The molecule has 0 aliphatic carbocycles. The molecule has 0 saturated heterocycles. The molecule has 1 atom stereocenters. The second-order valence-electron chi connectivity index (χ2n) is 5.10. The van der Waals surface area contributed by atoms with Crippen molar-refractivity contribution in [3.05, 3.63) is 24.3 Å². The third-order valence-corrected chi connectivity index (χ3v) is 2.86. The predicted molar refractivity (Wildman–Crippen MR) is 79.2 cm³/mol. The molecule has 0 spiro atoms. The van der Waals surface area contributed by atoms with Crippen molar-refractivity contribution < 1.29 is 14.7 Å². The Balaban J connectivity index is 2.64. The maximum absolute atomic E-state index is 11.8. The second-order valence-corrected chi connectivity index (χ2v) is 5.10. The van der Waals surface area contributed by atoms with Crippen LogP contribution in [0.5, 0.6) is 0 Å². The number of urea groups is 1. The molecular weight excluding hydrogens is 258 g/mol. The predicted octanol–water partition coefficient (Wildman–Crippen LogP) is 1.98. The summed E-state index contributed by atoms with van der Waals surface area (Å²) in [5.74, 6) is -1.23. The first-order chi connectivity index (χ1) is 9.31. The van der Waals surface area contributed by atoms with Gasteiger partial charge in [-0.25, -0.2) is 9.59 Å². The monoisotopic (exact) mass is 279 g/mol. The largest absolute Gasteiger partial charge is 0.480 e. The minimum absolute atomic E-state index is 0.186. The van der Waals surface area contributed by atoms with Crippen LogP contribution in [0.15, 0.2) is 24.3 Å². The molecule has 1 unspecified atom stereocenters. The van der Waals surface area contributed by atoms with Crippen LogP contribution in [0.25, 0.3) is 0 Å². The topological polar surface area (TPSA) is 81.7 Å². The lowest BCUT2D eigenvalue weighted by Crippen LogP contribution is -2.46. The number of carboxylic acids is 1. The van der Waals surface area contributed by atoms with Gasteiger partial charge in [0.05, 0.1) is 0 Å². The molecule has 0 heterocycles. The summed E-state index contributed by atoms with van der Waals surface area (Å²) in [7, 11) is 3.85. The minimum atomic E-state index is -1.04. The number of hydrogen-bond donors (Lipinski definition) is 3. The Bertz CT molecular complexity index is 469. The van der Waals surface area contributed by atoms with Crippen molar-refractivity contribution >= 4 is 23.4 Å². The summed E-state index contributed by atoms with van der Waals surface area (Å²) in [5.41, 5.74) is 1.63. The van der Waals surface area contributed by atoms with E-state index in [4.69, 9.17) is 5.11 Å². The zero-order valence-electron chi connectivity index (χ0n) is 12.2. The highest BCUT2D eigenvalue weighted by Gasteiger charge is 2.23. The number of carbonyl (C=O) groups excluding carboxylic acids is 1. The number of aliphatic carboxylic acids is 1. The molecule has 0 aromatic heterocycles. The first-order valence-corrected chi connectivity index (χ1v) is 6.39. The number of benzene rings is 1. The zero-order valence-corrected chi connectivity index (χ0v) is 12.2. The Morgan fingerprint density at radius 2 is 1.70 bits per heavy atom. The Hall–Kier alpha value is -2.24. The molecule has 0 saturated carbocycles. The van der Waals surface area contributed by atoms with E-state index in [-0.39, 0.29) is 5.92 Å². The van der Waals surface area contributed by atoms with Crippen LogP contribution >= 0.6 is 0 Å².